The summed E-state index contributed by atoms with van der Waals surface area (Å²) in [6.45, 7) is 3.49. The van der Waals surface area contributed by atoms with Gasteiger partial charge in [0.15, 0.2) is 0 Å². The van der Waals surface area contributed by atoms with Crippen molar-refractivity contribution in [2.24, 2.45) is 0 Å². The fourth-order valence-corrected chi connectivity index (χ4v) is 2.85. The molecule has 5 heteroatoms. The number of aromatic nitrogens is 1. The van der Waals surface area contributed by atoms with Gasteiger partial charge in [0.05, 0.1) is 6.61 Å². The Labute approximate surface area is 125 Å². The van der Waals surface area contributed by atoms with Crippen molar-refractivity contribution in [2.45, 2.75) is 19.9 Å². The van der Waals surface area contributed by atoms with Crippen LogP contribution in [0.5, 0.6) is 5.75 Å². The third kappa shape index (κ3) is 2.45. The van der Waals surface area contributed by atoms with Crippen molar-refractivity contribution in [1.82, 2.24) is 4.57 Å². The smallest absolute Gasteiger partial charge is 0.272 e. The monoisotopic (exact) mass is 334 g/mol. The number of benzene rings is 1. The Morgan fingerprint density at radius 1 is 1.45 bits per heavy atom. The fraction of sp³-hybridized carbons (Fsp3) is 0.267. The van der Waals surface area contributed by atoms with Crippen molar-refractivity contribution in [1.29, 1.82) is 0 Å². The molecular formula is C15H15BrN2O2. The van der Waals surface area contributed by atoms with Gasteiger partial charge in [0.1, 0.15) is 11.4 Å². The Hall–Kier alpha value is -1.75. The van der Waals surface area contributed by atoms with Crippen LogP contribution in [-0.4, -0.2) is 17.1 Å². The highest BCUT2D eigenvalue weighted by atomic mass is 79.9. The Kier molecular flexibility index (Phi) is 3.53. The van der Waals surface area contributed by atoms with Crippen LogP contribution in [0.1, 0.15) is 23.0 Å². The molecule has 3 rings (SSSR count). The highest BCUT2D eigenvalue weighted by Gasteiger charge is 2.15. The molecule has 1 aliphatic heterocycles. The maximum atomic E-state index is 12.3. The first kappa shape index (κ1) is 13.2. The van der Waals surface area contributed by atoms with Gasteiger partial charge in [-0.3, -0.25) is 4.79 Å². The van der Waals surface area contributed by atoms with Crippen LogP contribution < -0.4 is 10.1 Å². The van der Waals surface area contributed by atoms with Crippen LogP contribution in [0.25, 0.3) is 0 Å². The van der Waals surface area contributed by atoms with Crippen LogP contribution in [0, 0.1) is 0 Å². The zero-order valence-corrected chi connectivity index (χ0v) is 12.7. The van der Waals surface area contributed by atoms with Gasteiger partial charge >= 0.3 is 0 Å². The fourth-order valence-electron chi connectivity index (χ4n) is 2.39. The molecule has 0 saturated heterocycles. The topological polar surface area (TPSA) is 43.3 Å². The molecule has 2 aromatic rings. The summed E-state index contributed by atoms with van der Waals surface area (Å²) in [5.41, 5.74) is 2.60. The minimum Gasteiger partial charge on any atom is -0.493 e. The molecule has 1 aromatic carbocycles. The average molecular weight is 335 g/mol. The first-order valence-corrected chi connectivity index (χ1v) is 7.39. The van der Waals surface area contributed by atoms with Crippen molar-refractivity contribution < 1.29 is 9.53 Å². The summed E-state index contributed by atoms with van der Waals surface area (Å²) in [5.74, 6) is 0.819. The van der Waals surface area contributed by atoms with E-state index in [1.165, 1.54) is 0 Å². The lowest BCUT2D eigenvalue weighted by Crippen LogP contribution is -2.16. The first-order valence-electron chi connectivity index (χ1n) is 6.60. The number of ether oxygens (including phenoxy) is 1. The molecule has 1 aliphatic rings. The van der Waals surface area contributed by atoms with Gasteiger partial charge in [-0.15, -0.1) is 0 Å². The van der Waals surface area contributed by atoms with Crippen LogP contribution in [0.4, 0.5) is 5.69 Å². The van der Waals surface area contributed by atoms with E-state index in [9.17, 15) is 4.79 Å². The van der Waals surface area contributed by atoms with Gasteiger partial charge < -0.3 is 14.6 Å². The number of hydrogen-bond acceptors (Lipinski definition) is 2. The van der Waals surface area contributed by atoms with E-state index in [0.717, 1.165) is 41.0 Å². The second-order valence-corrected chi connectivity index (χ2v) is 5.62. The number of rotatable bonds is 3. The molecule has 1 N–H and O–H groups in total. The second-order valence-electron chi connectivity index (χ2n) is 4.70. The number of carbonyl (C=O) groups excluding carboxylic acids is 1. The normalized spacial score (nSPS) is 12.9. The van der Waals surface area contributed by atoms with E-state index in [4.69, 9.17) is 4.74 Å². The Bertz CT molecular complexity index is 664. The van der Waals surface area contributed by atoms with Crippen LogP contribution in [0.2, 0.25) is 0 Å². The number of anilines is 1. The summed E-state index contributed by atoms with van der Waals surface area (Å²) in [6.07, 6.45) is 2.81. The molecule has 0 atom stereocenters. The van der Waals surface area contributed by atoms with Gasteiger partial charge in [0.25, 0.3) is 5.91 Å². The lowest BCUT2D eigenvalue weighted by atomic mass is 10.1. The molecule has 2 heterocycles. The summed E-state index contributed by atoms with van der Waals surface area (Å²) < 4.78 is 8.28. The maximum absolute atomic E-state index is 12.3. The summed E-state index contributed by atoms with van der Waals surface area (Å²) in [4.78, 5) is 12.3. The first-order chi connectivity index (χ1) is 9.67. The van der Waals surface area contributed by atoms with Gasteiger partial charge in [-0.2, -0.15) is 0 Å². The summed E-state index contributed by atoms with van der Waals surface area (Å²) in [7, 11) is 0. The van der Waals surface area contributed by atoms with Gasteiger partial charge in [-0.1, -0.05) is 0 Å². The van der Waals surface area contributed by atoms with Gasteiger partial charge in [-0.25, -0.2) is 0 Å². The number of carbonyl (C=O) groups is 1. The molecular weight excluding hydrogens is 320 g/mol. The predicted octanol–water partition coefficient (Wildman–Crippen LogP) is 3.46. The zero-order chi connectivity index (χ0) is 14.1. The van der Waals surface area contributed by atoms with E-state index >= 15 is 0 Å². The van der Waals surface area contributed by atoms with Gasteiger partial charge in [-0.05, 0) is 52.7 Å². The van der Waals surface area contributed by atoms with Gasteiger partial charge in [0.2, 0.25) is 0 Å². The lowest BCUT2D eigenvalue weighted by molar-refractivity contribution is 0.101. The predicted molar refractivity (Wildman–Crippen MR) is 81.4 cm³/mol. The number of nitrogens with one attached hydrogen (secondary N) is 1. The van der Waals surface area contributed by atoms with E-state index in [-0.39, 0.29) is 5.91 Å². The molecule has 0 aliphatic carbocycles. The number of aryl methyl sites for hydroxylation is 1. The standard InChI is InChI=1S/C15H15BrN2O2/c1-2-18-9-11(16)8-13(18)15(19)17-12-3-4-14-10(7-12)5-6-20-14/h3-4,7-9H,2,5-6H2,1H3,(H,17,19). The second kappa shape index (κ2) is 5.32. The number of fused-ring (bicyclic) bond motifs is 1. The van der Waals surface area contributed by atoms with Crippen LogP contribution in [-0.2, 0) is 13.0 Å². The molecule has 0 fully saturated rings. The molecule has 0 spiro atoms. The Balaban J connectivity index is 1.82. The third-order valence-corrected chi connectivity index (χ3v) is 3.82. The molecule has 0 bridgehead atoms. The van der Waals surface area contributed by atoms with Crippen LogP contribution in [0.15, 0.2) is 34.9 Å². The van der Waals surface area contributed by atoms with Crippen molar-refractivity contribution in [3.8, 4) is 5.75 Å². The Morgan fingerprint density at radius 2 is 2.30 bits per heavy atom. The maximum Gasteiger partial charge on any atom is 0.272 e. The van der Waals surface area contributed by atoms with E-state index in [1.54, 1.807) is 0 Å². The van der Waals surface area contributed by atoms with Gasteiger partial charge in [0, 0.05) is 29.3 Å². The molecule has 104 valence electrons. The number of hydrogen-bond donors (Lipinski definition) is 1. The minimum absolute atomic E-state index is 0.101. The highest BCUT2D eigenvalue weighted by molar-refractivity contribution is 9.10. The summed E-state index contributed by atoms with van der Waals surface area (Å²) in [6, 6.07) is 7.59. The van der Waals surface area contributed by atoms with Crippen molar-refractivity contribution in [3.63, 3.8) is 0 Å². The summed E-state index contributed by atoms with van der Waals surface area (Å²) >= 11 is 3.40. The van der Waals surface area contributed by atoms with E-state index < -0.39 is 0 Å². The quantitative estimate of drug-likeness (QED) is 0.934. The molecule has 0 unspecified atom stereocenters. The molecule has 20 heavy (non-hydrogen) atoms. The van der Waals surface area contributed by atoms with Crippen molar-refractivity contribution in [2.75, 3.05) is 11.9 Å². The van der Waals surface area contributed by atoms with E-state index in [2.05, 4.69) is 21.2 Å². The largest absolute Gasteiger partial charge is 0.493 e. The molecule has 1 aromatic heterocycles. The molecule has 0 saturated carbocycles. The van der Waals surface area contributed by atoms with Crippen LogP contribution >= 0.6 is 15.9 Å². The van der Waals surface area contributed by atoms with E-state index in [1.807, 2.05) is 42.0 Å². The lowest BCUT2D eigenvalue weighted by Gasteiger charge is -2.08. The highest BCUT2D eigenvalue weighted by Crippen LogP contribution is 2.28. The number of nitrogens with zero attached hydrogens (tertiary/aromatic N) is 1. The van der Waals surface area contributed by atoms with E-state index in [0.29, 0.717) is 5.69 Å². The van der Waals surface area contributed by atoms with Crippen molar-refractivity contribution >= 4 is 27.5 Å². The molecule has 0 radical (unpaired) electrons. The summed E-state index contributed by atoms with van der Waals surface area (Å²) in [5, 5.41) is 2.94. The number of halogens is 1. The number of amides is 1. The SMILES string of the molecule is CCn1cc(Br)cc1C(=O)Nc1ccc2c(c1)CCO2. The average Bonchev–Trinajstić information content (AvgIpc) is 3.03. The molecule has 1 amide bonds. The zero-order valence-electron chi connectivity index (χ0n) is 11.1. The molecule has 4 nitrogen and oxygen atoms in total. The van der Waals surface area contributed by atoms with Crippen LogP contribution in [0.3, 0.4) is 0 Å². The minimum atomic E-state index is -0.101. The Morgan fingerprint density at radius 3 is 3.10 bits per heavy atom. The third-order valence-electron chi connectivity index (χ3n) is 3.38. The van der Waals surface area contributed by atoms with Crippen molar-refractivity contribution in [3.05, 3.63) is 46.2 Å².